The van der Waals surface area contributed by atoms with Crippen LogP contribution in [-0.4, -0.2) is 29.8 Å². The van der Waals surface area contributed by atoms with Crippen LogP contribution in [0.4, 0.5) is 0 Å². The minimum absolute atomic E-state index is 0.147. The molecule has 0 N–H and O–H groups in total. The largest absolute Gasteiger partial charge is 0.293 e. The molecule has 1 heterocycles. The number of benzene rings is 1. The Morgan fingerprint density at radius 1 is 1.37 bits per heavy atom. The molecular formula is C16H22ClNO. The fourth-order valence-electron chi connectivity index (χ4n) is 2.89. The van der Waals surface area contributed by atoms with Crippen molar-refractivity contribution in [3.05, 3.63) is 34.9 Å². The van der Waals surface area contributed by atoms with Crippen LogP contribution in [0.5, 0.6) is 0 Å². The van der Waals surface area contributed by atoms with E-state index < -0.39 is 0 Å². The van der Waals surface area contributed by atoms with E-state index in [0.717, 1.165) is 6.54 Å². The molecule has 1 aromatic carbocycles. The highest BCUT2D eigenvalue weighted by Gasteiger charge is 2.24. The Balaban J connectivity index is 2.03. The summed E-state index contributed by atoms with van der Waals surface area (Å²) in [6.07, 6.45) is 6.10. The van der Waals surface area contributed by atoms with Gasteiger partial charge in [0, 0.05) is 11.6 Å². The number of carbonyl (C=O) groups is 1. The van der Waals surface area contributed by atoms with Crippen LogP contribution in [0.1, 0.15) is 49.4 Å². The minimum atomic E-state index is 0.147. The Labute approximate surface area is 120 Å². The standard InChI is InChI=1S/C16H22ClNO/c1-2-7-13-8-5-6-11-18(13)12-16(19)14-9-3-4-10-15(14)17/h3-4,9-10,13H,2,5-8,11-12H2,1H3. The van der Waals surface area contributed by atoms with Gasteiger partial charge in [-0.25, -0.2) is 0 Å². The van der Waals surface area contributed by atoms with E-state index in [0.29, 0.717) is 23.2 Å². The van der Waals surface area contributed by atoms with Crippen molar-refractivity contribution < 1.29 is 4.79 Å². The van der Waals surface area contributed by atoms with E-state index in [1.807, 2.05) is 18.2 Å². The lowest BCUT2D eigenvalue weighted by molar-refractivity contribution is 0.0831. The fourth-order valence-corrected chi connectivity index (χ4v) is 3.13. The highest BCUT2D eigenvalue weighted by molar-refractivity contribution is 6.34. The van der Waals surface area contributed by atoms with E-state index in [1.165, 1.54) is 32.1 Å². The van der Waals surface area contributed by atoms with Gasteiger partial charge in [-0.2, -0.15) is 0 Å². The number of likely N-dealkylation sites (tertiary alicyclic amines) is 1. The summed E-state index contributed by atoms with van der Waals surface area (Å²) in [6.45, 7) is 3.76. The lowest BCUT2D eigenvalue weighted by Gasteiger charge is -2.35. The molecule has 0 spiro atoms. The van der Waals surface area contributed by atoms with Gasteiger partial charge >= 0.3 is 0 Å². The molecule has 1 aromatic rings. The van der Waals surface area contributed by atoms with Crippen LogP contribution in [0, 0.1) is 0 Å². The Morgan fingerprint density at radius 3 is 2.89 bits per heavy atom. The molecule has 1 aliphatic heterocycles. The van der Waals surface area contributed by atoms with E-state index >= 15 is 0 Å². The first-order chi connectivity index (χ1) is 9.22. The molecule has 0 saturated carbocycles. The minimum Gasteiger partial charge on any atom is -0.293 e. The van der Waals surface area contributed by atoms with Gasteiger partial charge in [-0.1, -0.05) is 43.5 Å². The third-order valence-corrected chi connectivity index (χ3v) is 4.22. The number of rotatable bonds is 5. The van der Waals surface area contributed by atoms with Crippen molar-refractivity contribution in [2.75, 3.05) is 13.1 Å². The first-order valence-electron chi connectivity index (χ1n) is 7.24. The predicted molar refractivity (Wildman–Crippen MR) is 79.9 cm³/mol. The summed E-state index contributed by atoms with van der Waals surface area (Å²) in [5.74, 6) is 0.147. The number of halogens is 1. The molecule has 0 aliphatic carbocycles. The van der Waals surface area contributed by atoms with Gasteiger partial charge < -0.3 is 0 Å². The van der Waals surface area contributed by atoms with Crippen LogP contribution in [0.3, 0.4) is 0 Å². The third-order valence-electron chi connectivity index (χ3n) is 3.89. The zero-order valence-electron chi connectivity index (χ0n) is 11.6. The Hall–Kier alpha value is -0.860. The Bertz CT molecular complexity index is 431. The second kappa shape index (κ2) is 7.06. The van der Waals surface area contributed by atoms with E-state index in [1.54, 1.807) is 6.07 Å². The average molecular weight is 280 g/mol. The topological polar surface area (TPSA) is 20.3 Å². The zero-order valence-corrected chi connectivity index (χ0v) is 12.3. The highest BCUT2D eigenvalue weighted by Crippen LogP contribution is 2.22. The van der Waals surface area contributed by atoms with Crippen LogP contribution < -0.4 is 0 Å². The molecule has 0 aromatic heterocycles. The molecule has 104 valence electrons. The van der Waals surface area contributed by atoms with Gasteiger partial charge in [0.1, 0.15) is 0 Å². The van der Waals surface area contributed by atoms with Gasteiger partial charge in [-0.3, -0.25) is 9.69 Å². The van der Waals surface area contributed by atoms with Crippen molar-refractivity contribution in [1.82, 2.24) is 4.90 Å². The quantitative estimate of drug-likeness (QED) is 0.754. The third kappa shape index (κ3) is 3.80. The van der Waals surface area contributed by atoms with Crippen molar-refractivity contribution >= 4 is 17.4 Å². The summed E-state index contributed by atoms with van der Waals surface area (Å²) in [4.78, 5) is 14.7. The summed E-state index contributed by atoms with van der Waals surface area (Å²) in [5.41, 5.74) is 0.657. The molecule has 0 bridgehead atoms. The Kier molecular flexibility index (Phi) is 5.41. The van der Waals surface area contributed by atoms with Crippen LogP contribution in [0.15, 0.2) is 24.3 Å². The van der Waals surface area contributed by atoms with Crippen molar-refractivity contribution in [3.63, 3.8) is 0 Å². The second-order valence-electron chi connectivity index (χ2n) is 5.31. The smallest absolute Gasteiger partial charge is 0.178 e. The van der Waals surface area contributed by atoms with Crippen LogP contribution >= 0.6 is 11.6 Å². The molecule has 19 heavy (non-hydrogen) atoms. The zero-order chi connectivity index (χ0) is 13.7. The van der Waals surface area contributed by atoms with E-state index in [2.05, 4.69) is 11.8 Å². The number of hydrogen-bond donors (Lipinski definition) is 0. The SMILES string of the molecule is CCCC1CCCCN1CC(=O)c1ccccc1Cl. The molecular weight excluding hydrogens is 258 g/mol. The maximum atomic E-state index is 12.4. The Morgan fingerprint density at radius 2 is 2.16 bits per heavy atom. The van der Waals surface area contributed by atoms with Crippen LogP contribution in [0.25, 0.3) is 0 Å². The monoisotopic (exact) mass is 279 g/mol. The van der Waals surface area contributed by atoms with E-state index in [4.69, 9.17) is 11.6 Å². The maximum Gasteiger partial charge on any atom is 0.178 e. The van der Waals surface area contributed by atoms with Crippen LogP contribution in [-0.2, 0) is 0 Å². The molecule has 1 aliphatic rings. The average Bonchev–Trinajstić information content (AvgIpc) is 2.41. The lowest BCUT2D eigenvalue weighted by Crippen LogP contribution is -2.42. The molecule has 1 saturated heterocycles. The van der Waals surface area contributed by atoms with Crippen molar-refractivity contribution in [3.8, 4) is 0 Å². The van der Waals surface area contributed by atoms with Gasteiger partial charge in [0.2, 0.25) is 0 Å². The van der Waals surface area contributed by atoms with E-state index in [9.17, 15) is 4.79 Å². The lowest BCUT2D eigenvalue weighted by atomic mass is 9.97. The van der Waals surface area contributed by atoms with E-state index in [-0.39, 0.29) is 5.78 Å². The number of piperidine rings is 1. The number of ketones is 1. The van der Waals surface area contributed by atoms with Crippen molar-refractivity contribution in [2.45, 2.75) is 45.1 Å². The van der Waals surface area contributed by atoms with Gasteiger partial charge in [0.25, 0.3) is 0 Å². The van der Waals surface area contributed by atoms with Gasteiger partial charge in [0.05, 0.1) is 11.6 Å². The van der Waals surface area contributed by atoms with Gasteiger partial charge in [-0.05, 0) is 37.9 Å². The van der Waals surface area contributed by atoms with Gasteiger partial charge in [-0.15, -0.1) is 0 Å². The molecule has 0 amide bonds. The summed E-state index contributed by atoms with van der Waals surface area (Å²) in [7, 11) is 0. The molecule has 2 rings (SSSR count). The molecule has 1 atom stereocenters. The molecule has 1 fully saturated rings. The second-order valence-corrected chi connectivity index (χ2v) is 5.72. The van der Waals surface area contributed by atoms with Crippen molar-refractivity contribution in [1.29, 1.82) is 0 Å². The molecule has 2 nitrogen and oxygen atoms in total. The molecule has 0 radical (unpaired) electrons. The predicted octanol–water partition coefficient (Wildman–Crippen LogP) is 4.18. The number of carbonyl (C=O) groups excluding carboxylic acids is 1. The van der Waals surface area contributed by atoms with Crippen LogP contribution in [0.2, 0.25) is 5.02 Å². The maximum absolute atomic E-state index is 12.4. The molecule has 1 unspecified atom stereocenters. The first-order valence-corrected chi connectivity index (χ1v) is 7.62. The summed E-state index contributed by atoms with van der Waals surface area (Å²) in [5, 5.41) is 0.566. The summed E-state index contributed by atoms with van der Waals surface area (Å²) < 4.78 is 0. The normalized spacial score (nSPS) is 20.4. The summed E-state index contributed by atoms with van der Waals surface area (Å²) >= 11 is 6.09. The number of nitrogens with zero attached hydrogens (tertiary/aromatic N) is 1. The number of Topliss-reactive ketones (excluding diaryl/α,β-unsaturated/α-hetero) is 1. The number of hydrogen-bond acceptors (Lipinski definition) is 2. The summed E-state index contributed by atoms with van der Waals surface area (Å²) in [6, 6.07) is 7.92. The first kappa shape index (κ1) is 14.5. The van der Waals surface area contributed by atoms with Crippen molar-refractivity contribution in [2.24, 2.45) is 0 Å². The molecule has 3 heteroatoms. The fraction of sp³-hybridized carbons (Fsp3) is 0.562. The van der Waals surface area contributed by atoms with Gasteiger partial charge in [0.15, 0.2) is 5.78 Å². The highest BCUT2D eigenvalue weighted by atomic mass is 35.5.